The molecule has 2 aliphatic rings. The molecule has 1 aromatic heterocycles. The van der Waals surface area contributed by atoms with E-state index in [9.17, 15) is 9.18 Å². The van der Waals surface area contributed by atoms with E-state index < -0.39 is 5.97 Å². The normalized spacial score (nSPS) is 26.8. The molecular weight excluding hydrogens is 325 g/mol. The molecule has 0 spiro atoms. The number of halogens is 1. The van der Waals surface area contributed by atoms with E-state index in [2.05, 4.69) is 24.2 Å². The van der Waals surface area contributed by atoms with Gasteiger partial charge in [0.15, 0.2) is 5.69 Å². The van der Waals surface area contributed by atoms with Crippen LogP contribution in [-0.4, -0.2) is 39.8 Å². The third-order valence-corrected chi connectivity index (χ3v) is 5.21. The number of nitrogens with zero attached hydrogens (tertiary/aromatic N) is 3. The fourth-order valence-corrected chi connectivity index (χ4v) is 3.98. The Labute approximate surface area is 144 Å². The summed E-state index contributed by atoms with van der Waals surface area (Å²) in [4.78, 5) is 12.4. The van der Waals surface area contributed by atoms with Crippen LogP contribution >= 0.6 is 0 Å². The maximum absolute atomic E-state index is 13.2. The van der Waals surface area contributed by atoms with Crippen molar-refractivity contribution in [2.24, 2.45) is 11.3 Å². The number of carbonyl (C=O) groups excluding carboxylic acids is 1. The molecule has 1 aromatic carbocycles. The predicted molar refractivity (Wildman–Crippen MR) is 86.4 cm³/mol. The largest absolute Gasteiger partial charge is 0.456 e. The number of ether oxygens (including phenoxy) is 2. The first-order chi connectivity index (χ1) is 11.9. The van der Waals surface area contributed by atoms with Crippen LogP contribution in [0.2, 0.25) is 0 Å². The minimum atomic E-state index is -0.478. The maximum atomic E-state index is 13.2. The molecule has 2 aromatic rings. The van der Waals surface area contributed by atoms with Crippen LogP contribution in [0.15, 0.2) is 30.5 Å². The van der Waals surface area contributed by atoms with Crippen molar-refractivity contribution in [3.63, 3.8) is 0 Å². The van der Waals surface area contributed by atoms with Crippen molar-refractivity contribution in [2.75, 3.05) is 6.61 Å². The first-order valence-corrected chi connectivity index (χ1v) is 8.42. The average Bonchev–Trinajstić information content (AvgIpc) is 3.20. The number of carbonyl (C=O) groups is 1. The number of esters is 1. The SMILES string of the molecule is CC1(C)C2OCCC2C1OC(=O)c1cn(Cc2cccc(F)c2)nn1. The summed E-state index contributed by atoms with van der Waals surface area (Å²) in [6.07, 6.45) is 2.44. The average molecular weight is 345 g/mol. The summed E-state index contributed by atoms with van der Waals surface area (Å²) in [6, 6.07) is 6.24. The van der Waals surface area contributed by atoms with E-state index in [1.54, 1.807) is 12.1 Å². The molecular formula is C18H20FN3O3. The number of hydrogen-bond acceptors (Lipinski definition) is 5. The fraction of sp³-hybridized carbons (Fsp3) is 0.500. The van der Waals surface area contributed by atoms with Gasteiger partial charge in [-0.1, -0.05) is 31.2 Å². The molecule has 1 saturated heterocycles. The van der Waals surface area contributed by atoms with Crippen molar-refractivity contribution in [2.45, 2.75) is 39.0 Å². The Bertz CT molecular complexity index is 804. The van der Waals surface area contributed by atoms with E-state index in [1.807, 2.05) is 0 Å². The van der Waals surface area contributed by atoms with E-state index in [4.69, 9.17) is 9.47 Å². The van der Waals surface area contributed by atoms with Crippen LogP contribution < -0.4 is 0 Å². The summed E-state index contributed by atoms with van der Waals surface area (Å²) in [7, 11) is 0. The number of benzene rings is 1. The zero-order valence-electron chi connectivity index (χ0n) is 14.2. The molecule has 0 bridgehead atoms. The second kappa shape index (κ2) is 5.91. The van der Waals surface area contributed by atoms with Crippen molar-refractivity contribution in [3.05, 3.63) is 47.5 Å². The van der Waals surface area contributed by atoms with Crippen molar-refractivity contribution in [1.29, 1.82) is 0 Å². The fourth-order valence-electron chi connectivity index (χ4n) is 3.98. The summed E-state index contributed by atoms with van der Waals surface area (Å²) < 4.78 is 26.1. The van der Waals surface area contributed by atoms with Crippen LogP contribution in [0.4, 0.5) is 4.39 Å². The molecule has 1 saturated carbocycles. The Morgan fingerprint density at radius 2 is 2.32 bits per heavy atom. The van der Waals surface area contributed by atoms with E-state index in [-0.39, 0.29) is 35.1 Å². The molecule has 25 heavy (non-hydrogen) atoms. The van der Waals surface area contributed by atoms with Crippen LogP contribution in [0.25, 0.3) is 0 Å². The van der Waals surface area contributed by atoms with Gasteiger partial charge in [-0.05, 0) is 24.1 Å². The number of rotatable bonds is 4. The molecule has 6 nitrogen and oxygen atoms in total. The number of hydrogen-bond donors (Lipinski definition) is 0. The summed E-state index contributed by atoms with van der Waals surface area (Å²) >= 11 is 0. The molecule has 3 atom stereocenters. The Balaban J connectivity index is 1.42. The van der Waals surface area contributed by atoms with Gasteiger partial charge in [0.05, 0.1) is 18.8 Å². The summed E-state index contributed by atoms with van der Waals surface area (Å²) in [5, 5.41) is 7.83. The lowest BCUT2D eigenvalue weighted by atomic mass is 9.59. The van der Waals surface area contributed by atoms with Crippen molar-refractivity contribution in [3.8, 4) is 0 Å². The van der Waals surface area contributed by atoms with Gasteiger partial charge in [0.2, 0.25) is 0 Å². The second-order valence-electron chi connectivity index (χ2n) is 7.32. The molecule has 0 amide bonds. The molecule has 0 N–H and O–H groups in total. The van der Waals surface area contributed by atoms with Gasteiger partial charge in [0, 0.05) is 17.9 Å². The Hall–Kier alpha value is -2.28. The van der Waals surface area contributed by atoms with Crippen LogP contribution in [0, 0.1) is 17.2 Å². The Kier molecular flexibility index (Phi) is 3.83. The third kappa shape index (κ3) is 2.82. The zero-order valence-corrected chi connectivity index (χ0v) is 14.2. The molecule has 1 aliphatic carbocycles. The number of aromatic nitrogens is 3. The van der Waals surface area contributed by atoms with Gasteiger partial charge in [0.25, 0.3) is 0 Å². The zero-order chi connectivity index (χ0) is 17.6. The molecule has 2 fully saturated rings. The minimum Gasteiger partial charge on any atom is -0.456 e. The monoisotopic (exact) mass is 345 g/mol. The molecule has 2 heterocycles. The van der Waals surface area contributed by atoms with Crippen molar-refractivity contribution >= 4 is 5.97 Å². The van der Waals surface area contributed by atoms with Gasteiger partial charge in [-0.2, -0.15) is 0 Å². The highest BCUT2D eigenvalue weighted by Crippen LogP contribution is 2.53. The highest BCUT2D eigenvalue weighted by atomic mass is 19.1. The maximum Gasteiger partial charge on any atom is 0.360 e. The Morgan fingerprint density at radius 1 is 1.48 bits per heavy atom. The first-order valence-electron chi connectivity index (χ1n) is 8.42. The summed E-state index contributed by atoms with van der Waals surface area (Å²) in [5.41, 5.74) is 0.722. The molecule has 3 unspecified atom stereocenters. The van der Waals surface area contributed by atoms with Crippen LogP contribution in [0.1, 0.15) is 36.3 Å². The van der Waals surface area contributed by atoms with E-state index in [0.29, 0.717) is 6.54 Å². The number of fused-ring (bicyclic) bond motifs is 1. The summed E-state index contributed by atoms with van der Waals surface area (Å²) in [6.45, 7) is 5.17. The van der Waals surface area contributed by atoms with Gasteiger partial charge in [0.1, 0.15) is 11.9 Å². The minimum absolute atomic E-state index is 0.161. The van der Waals surface area contributed by atoms with Gasteiger partial charge in [-0.25, -0.2) is 13.9 Å². The smallest absolute Gasteiger partial charge is 0.360 e. The van der Waals surface area contributed by atoms with Crippen LogP contribution in [-0.2, 0) is 16.0 Å². The van der Waals surface area contributed by atoms with E-state index in [1.165, 1.54) is 23.0 Å². The standard InChI is InChI=1S/C18H20FN3O3/c1-18(2)15-13(6-7-24-15)16(18)25-17(23)14-10-22(21-20-14)9-11-4-3-5-12(19)8-11/h3-5,8,10,13,15-16H,6-7,9H2,1-2H3. The quantitative estimate of drug-likeness (QED) is 0.796. The lowest BCUT2D eigenvalue weighted by Gasteiger charge is -2.52. The van der Waals surface area contributed by atoms with Gasteiger partial charge in [-0.15, -0.1) is 5.10 Å². The topological polar surface area (TPSA) is 66.2 Å². The van der Waals surface area contributed by atoms with Gasteiger partial charge < -0.3 is 9.47 Å². The van der Waals surface area contributed by atoms with Crippen molar-refractivity contribution in [1.82, 2.24) is 15.0 Å². The lowest BCUT2D eigenvalue weighted by Crippen LogP contribution is -2.61. The lowest BCUT2D eigenvalue weighted by molar-refractivity contribution is -0.183. The van der Waals surface area contributed by atoms with E-state index in [0.717, 1.165) is 18.6 Å². The van der Waals surface area contributed by atoms with E-state index >= 15 is 0 Å². The highest BCUT2D eigenvalue weighted by Gasteiger charge is 2.61. The molecule has 0 radical (unpaired) electrons. The predicted octanol–water partition coefficient (Wildman–Crippen LogP) is 2.44. The summed E-state index contributed by atoms with van der Waals surface area (Å²) in [5.74, 6) is -0.520. The highest BCUT2D eigenvalue weighted by molar-refractivity contribution is 5.87. The van der Waals surface area contributed by atoms with Gasteiger partial charge in [-0.3, -0.25) is 0 Å². The third-order valence-electron chi connectivity index (χ3n) is 5.21. The van der Waals surface area contributed by atoms with Gasteiger partial charge >= 0.3 is 5.97 Å². The second-order valence-corrected chi connectivity index (χ2v) is 7.32. The van der Waals surface area contributed by atoms with Crippen LogP contribution in [0.5, 0.6) is 0 Å². The molecule has 132 valence electrons. The Morgan fingerprint density at radius 3 is 3.12 bits per heavy atom. The van der Waals surface area contributed by atoms with Crippen LogP contribution in [0.3, 0.4) is 0 Å². The molecule has 7 heteroatoms. The molecule has 4 rings (SSSR count). The van der Waals surface area contributed by atoms with Crippen molar-refractivity contribution < 1.29 is 18.7 Å². The first kappa shape index (κ1) is 16.2. The molecule has 1 aliphatic heterocycles.